The fourth-order valence-corrected chi connectivity index (χ4v) is 3.27. The normalized spacial score (nSPS) is 21.4. The molecule has 0 saturated carbocycles. The van der Waals surface area contributed by atoms with Crippen LogP contribution in [0.4, 0.5) is 0 Å². The van der Waals surface area contributed by atoms with E-state index in [4.69, 9.17) is 0 Å². The summed E-state index contributed by atoms with van der Waals surface area (Å²) in [6.07, 6.45) is 4.17. The molecule has 0 radical (unpaired) electrons. The highest BCUT2D eigenvalue weighted by Crippen LogP contribution is 2.35. The quantitative estimate of drug-likeness (QED) is 0.806. The van der Waals surface area contributed by atoms with Gasteiger partial charge in [0, 0.05) is 22.1 Å². The summed E-state index contributed by atoms with van der Waals surface area (Å²) in [5.74, 6) is -1.31. The van der Waals surface area contributed by atoms with Gasteiger partial charge in [-0.25, -0.2) is 0 Å². The van der Waals surface area contributed by atoms with Crippen LogP contribution in [0.25, 0.3) is 12.2 Å². The average Bonchev–Trinajstić information content (AvgIpc) is 2.64. The zero-order valence-electron chi connectivity index (χ0n) is 14.2. The predicted molar refractivity (Wildman–Crippen MR) is 92.9 cm³/mol. The average molecular weight is 324 g/mol. The Labute approximate surface area is 140 Å². The molecule has 0 saturated heterocycles. The first-order valence-electron chi connectivity index (χ1n) is 8.04. The van der Waals surface area contributed by atoms with Gasteiger partial charge < -0.3 is 5.11 Å². The van der Waals surface area contributed by atoms with Gasteiger partial charge in [-0.2, -0.15) is 0 Å². The highest BCUT2D eigenvalue weighted by molar-refractivity contribution is 6.51. The second kappa shape index (κ2) is 5.35. The molecule has 0 fully saturated rings. The molecule has 1 atom stereocenters. The number of allylic oxidation sites excluding steroid dienone is 1. The van der Waals surface area contributed by atoms with Crippen LogP contribution in [0.1, 0.15) is 54.7 Å². The molecule has 2 aliphatic rings. The van der Waals surface area contributed by atoms with Crippen LogP contribution in [0.15, 0.2) is 28.6 Å². The Bertz CT molecular complexity index is 885. The molecule has 4 nitrogen and oxygen atoms in total. The minimum atomic E-state index is -0.720. The van der Waals surface area contributed by atoms with Crippen LogP contribution in [0.2, 0.25) is 0 Å². The standard InChI is InChI=1S/C20H20O4/c1-10(2)12-8-13-14(19(24)18(12)23)7-11-5-6-17(22)20(3,4)15(11)9-16(13)21/h5-10,17,22H,1-4H3. The second-order valence-corrected chi connectivity index (χ2v) is 7.29. The molecule has 0 amide bonds. The summed E-state index contributed by atoms with van der Waals surface area (Å²) >= 11 is 0. The monoisotopic (exact) mass is 324 g/mol. The van der Waals surface area contributed by atoms with Crippen molar-refractivity contribution in [2.24, 2.45) is 5.92 Å². The van der Waals surface area contributed by atoms with Gasteiger partial charge >= 0.3 is 0 Å². The van der Waals surface area contributed by atoms with Crippen LogP contribution in [-0.4, -0.2) is 22.8 Å². The molecule has 2 aliphatic carbocycles. The third-order valence-corrected chi connectivity index (χ3v) is 4.97. The third-order valence-electron chi connectivity index (χ3n) is 4.97. The van der Waals surface area contributed by atoms with Crippen LogP contribution in [-0.2, 0) is 10.2 Å². The van der Waals surface area contributed by atoms with E-state index in [1.807, 2.05) is 27.7 Å². The predicted octanol–water partition coefficient (Wildman–Crippen LogP) is 2.52. The largest absolute Gasteiger partial charge is 0.388 e. The summed E-state index contributed by atoms with van der Waals surface area (Å²) in [5.41, 5.74) is 1.18. The van der Waals surface area contributed by atoms with Crippen molar-refractivity contribution in [3.63, 3.8) is 0 Å². The molecule has 4 heteroatoms. The third kappa shape index (κ3) is 2.29. The van der Waals surface area contributed by atoms with E-state index in [0.29, 0.717) is 16.7 Å². The molecule has 24 heavy (non-hydrogen) atoms. The van der Waals surface area contributed by atoms with Gasteiger partial charge in [0.1, 0.15) is 0 Å². The van der Waals surface area contributed by atoms with Crippen molar-refractivity contribution in [2.45, 2.75) is 39.2 Å². The Balaban J connectivity index is 2.39. The maximum atomic E-state index is 12.7. The van der Waals surface area contributed by atoms with Gasteiger partial charge in [-0.3, -0.25) is 14.4 Å². The van der Waals surface area contributed by atoms with Crippen LogP contribution in [0.3, 0.4) is 0 Å². The van der Waals surface area contributed by atoms with Crippen molar-refractivity contribution in [3.05, 3.63) is 56.3 Å². The molecule has 1 aromatic carbocycles. The van der Waals surface area contributed by atoms with Gasteiger partial charge in [-0.15, -0.1) is 0 Å². The smallest absolute Gasteiger partial charge is 0.233 e. The lowest BCUT2D eigenvalue weighted by molar-refractivity contribution is -0.112. The number of rotatable bonds is 1. The maximum Gasteiger partial charge on any atom is 0.233 e. The first kappa shape index (κ1) is 16.5. The SMILES string of the molecule is CC(C)C1=Cc2c(cc3c(cc2=O)C(C)(C)C(O)C=C3)C(=O)C1=O. The van der Waals surface area contributed by atoms with E-state index >= 15 is 0 Å². The van der Waals surface area contributed by atoms with Crippen molar-refractivity contribution >= 4 is 23.7 Å². The van der Waals surface area contributed by atoms with Crippen LogP contribution < -0.4 is 5.43 Å². The number of hydrogen-bond donors (Lipinski definition) is 1. The molecule has 0 heterocycles. The van der Waals surface area contributed by atoms with Gasteiger partial charge in [0.2, 0.25) is 11.6 Å². The molecule has 1 aromatic rings. The highest BCUT2D eigenvalue weighted by atomic mass is 16.3. The first-order valence-corrected chi connectivity index (χ1v) is 8.04. The number of Topliss-reactive ketones (excluding diaryl/α,β-unsaturated/α-hetero) is 2. The number of fused-ring (bicyclic) bond motifs is 2. The van der Waals surface area contributed by atoms with Gasteiger partial charge in [0.15, 0.2) is 5.43 Å². The fraction of sp³-hybridized carbons (Fsp3) is 0.350. The van der Waals surface area contributed by atoms with Crippen molar-refractivity contribution in [1.29, 1.82) is 0 Å². The lowest BCUT2D eigenvalue weighted by Crippen LogP contribution is -2.35. The number of carbonyl (C=O) groups excluding carboxylic acids is 2. The number of ketones is 2. The Hall–Kier alpha value is -2.33. The van der Waals surface area contributed by atoms with Crippen LogP contribution in [0.5, 0.6) is 0 Å². The molecule has 1 N–H and O–H groups in total. The van der Waals surface area contributed by atoms with Gasteiger partial charge in [0.25, 0.3) is 0 Å². The van der Waals surface area contributed by atoms with Crippen molar-refractivity contribution in [2.75, 3.05) is 0 Å². The van der Waals surface area contributed by atoms with Crippen molar-refractivity contribution < 1.29 is 14.7 Å². The number of hydrogen-bond acceptors (Lipinski definition) is 4. The van der Waals surface area contributed by atoms with E-state index in [1.54, 1.807) is 24.3 Å². The lowest BCUT2D eigenvalue weighted by Gasteiger charge is -2.32. The lowest BCUT2D eigenvalue weighted by atomic mass is 9.74. The number of carbonyl (C=O) groups is 2. The first-order chi connectivity index (χ1) is 11.1. The topological polar surface area (TPSA) is 71.4 Å². The van der Waals surface area contributed by atoms with Crippen molar-refractivity contribution in [3.8, 4) is 0 Å². The van der Waals surface area contributed by atoms with E-state index in [0.717, 1.165) is 0 Å². The number of aliphatic hydroxyl groups excluding tert-OH is 1. The van der Waals surface area contributed by atoms with E-state index < -0.39 is 23.1 Å². The Morgan fingerprint density at radius 1 is 1.08 bits per heavy atom. The summed E-state index contributed by atoms with van der Waals surface area (Å²) in [6.45, 7) is 7.34. The maximum absolute atomic E-state index is 12.7. The van der Waals surface area contributed by atoms with Gasteiger partial charge in [0.05, 0.1) is 6.10 Å². The summed E-state index contributed by atoms with van der Waals surface area (Å²) in [4.78, 5) is 37.6. The van der Waals surface area contributed by atoms with Gasteiger partial charge in [-0.1, -0.05) is 39.8 Å². The molecule has 1 unspecified atom stereocenters. The molecule has 0 bridgehead atoms. The molecule has 124 valence electrons. The van der Waals surface area contributed by atoms with Crippen molar-refractivity contribution in [1.82, 2.24) is 0 Å². The number of aliphatic hydroxyl groups is 1. The Morgan fingerprint density at radius 2 is 1.75 bits per heavy atom. The highest BCUT2D eigenvalue weighted by Gasteiger charge is 2.35. The zero-order valence-corrected chi connectivity index (χ0v) is 14.2. The molecule has 0 aliphatic heterocycles. The van der Waals surface area contributed by atoms with E-state index in [1.165, 1.54) is 6.07 Å². The summed E-state index contributed by atoms with van der Waals surface area (Å²) in [6, 6.07) is 3.09. The van der Waals surface area contributed by atoms with E-state index in [2.05, 4.69) is 0 Å². The minimum Gasteiger partial charge on any atom is -0.388 e. The zero-order chi connectivity index (χ0) is 17.8. The summed E-state index contributed by atoms with van der Waals surface area (Å²) < 4.78 is 0. The molecular weight excluding hydrogens is 304 g/mol. The molecule has 3 rings (SSSR count). The summed E-state index contributed by atoms with van der Waals surface area (Å²) in [5, 5.41) is 10.2. The minimum absolute atomic E-state index is 0.132. The Kier molecular flexibility index (Phi) is 3.68. The molecule has 0 aromatic heterocycles. The molecular formula is C20H20O4. The summed E-state index contributed by atoms with van der Waals surface area (Å²) in [7, 11) is 0. The van der Waals surface area contributed by atoms with E-state index in [-0.39, 0.29) is 22.5 Å². The molecule has 0 spiro atoms. The van der Waals surface area contributed by atoms with Gasteiger partial charge in [-0.05, 0) is 35.3 Å². The van der Waals surface area contributed by atoms with E-state index in [9.17, 15) is 19.5 Å². The van der Waals surface area contributed by atoms with Crippen LogP contribution >= 0.6 is 0 Å². The fourth-order valence-electron chi connectivity index (χ4n) is 3.27. The van der Waals surface area contributed by atoms with Crippen LogP contribution in [0, 0.1) is 5.92 Å². The second-order valence-electron chi connectivity index (χ2n) is 7.29. The Morgan fingerprint density at radius 3 is 2.38 bits per heavy atom.